The second-order valence-corrected chi connectivity index (χ2v) is 7.45. The molecule has 1 fully saturated rings. The Morgan fingerprint density at radius 1 is 1.19 bits per heavy atom. The molecule has 1 atom stereocenters. The van der Waals surface area contributed by atoms with Crippen LogP contribution in [0.15, 0.2) is 40.9 Å². The molecule has 0 aliphatic carbocycles. The molecule has 0 radical (unpaired) electrons. The molecule has 0 bridgehead atoms. The van der Waals surface area contributed by atoms with Gasteiger partial charge in [0, 0.05) is 17.5 Å². The predicted octanol–water partition coefficient (Wildman–Crippen LogP) is 4.68. The number of carbonyl (C=O) groups excluding carboxylic acids is 1. The van der Waals surface area contributed by atoms with Gasteiger partial charge in [0.1, 0.15) is 17.7 Å². The van der Waals surface area contributed by atoms with Gasteiger partial charge in [0.15, 0.2) is 11.5 Å². The molecule has 1 aromatic heterocycles. The third-order valence-electron chi connectivity index (χ3n) is 5.33. The summed E-state index contributed by atoms with van der Waals surface area (Å²) >= 11 is 0. The van der Waals surface area contributed by atoms with Crippen LogP contribution in [0.4, 0.5) is 8.78 Å². The number of ether oxygens (including phenoxy) is 2. The van der Waals surface area contributed by atoms with Gasteiger partial charge in [-0.1, -0.05) is 18.1 Å². The van der Waals surface area contributed by atoms with Crippen molar-refractivity contribution in [3.8, 4) is 22.9 Å². The van der Waals surface area contributed by atoms with E-state index in [2.05, 4.69) is 10.1 Å². The van der Waals surface area contributed by atoms with E-state index in [0.717, 1.165) is 6.42 Å². The molecule has 1 amide bonds. The van der Waals surface area contributed by atoms with E-state index in [1.807, 2.05) is 6.92 Å². The fourth-order valence-electron chi connectivity index (χ4n) is 3.67. The lowest BCUT2D eigenvalue weighted by Crippen LogP contribution is -2.28. The van der Waals surface area contributed by atoms with Crippen LogP contribution in [-0.2, 0) is 11.3 Å². The minimum atomic E-state index is -0.702. The molecular formula is C23H23F2N3O4. The molecule has 0 spiro atoms. The highest BCUT2D eigenvalue weighted by atomic mass is 19.1. The summed E-state index contributed by atoms with van der Waals surface area (Å²) in [7, 11) is 1.55. The molecule has 4 rings (SSSR count). The zero-order chi connectivity index (χ0) is 22.7. The average Bonchev–Trinajstić information content (AvgIpc) is 3.42. The van der Waals surface area contributed by atoms with E-state index in [9.17, 15) is 13.6 Å². The zero-order valence-electron chi connectivity index (χ0n) is 17.8. The molecule has 1 saturated heterocycles. The predicted molar refractivity (Wildman–Crippen MR) is 111 cm³/mol. The Morgan fingerprint density at radius 2 is 1.97 bits per heavy atom. The van der Waals surface area contributed by atoms with Crippen molar-refractivity contribution in [1.29, 1.82) is 0 Å². The normalized spacial score (nSPS) is 15.9. The van der Waals surface area contributed by atoms with Gasteiger partial charge in [-0.25, -0.2) is 8.78 Å². The van der Waals surface area contributed by atoms with Crippen LogP contribution >= 0.6 is 0 Å². The molecule has 9 heteroatoms. The Bertz CT molecular complexity index is 1100. The number of aromatic nitrogens is 2. The van der Waals surface area contributed by atoms with E-state index in [4.69, 9.17) is 14.0 Å². The van der Waals surface area contributed by atoms with Gasteiger partial charge in [-0.05, 0) is 43.2 Å². The third-order valence-corrected chi connectivity index (χ3v) is 5.33. The van der Waals surface area contributed by atoms with Crippen molar-refractivity contribution in [2.45, 2.75) is 38.8 Å². The number of methoxy groups -OCH3 is 1. The summed E-state index contributed by atoms with van der Waals surface area (Å²) in [6.07, 6.45) is 1.52. The van der Waals surface area contributed by atoms with Gasteiger partial charge >= 0.3 is 0 Å². The maximum atomic E-state index is 14.1. The maximum Gasteiger partial charge on any atom is 0.249 e. The fraction of sp³-hybridized carbons (Fsp3) is 0.348. The Morgan fingerprint density at radius 3 is 2.69 bits per heavy atom. The Kier molecular flexibility index (Phi) is 6.34. The number of benzene rings is 2. The molecule has 1 unspecified atom stereocenters. The third kappa shape index (κ3) is 4.28. The summed E-state index contributed by atoms with van der Waals surface area (Å²) in [5.74, 6) is 0.0525. The number of carbonyl (C=O) groups is 1. The number of nitrogens with zero attached hydrogens (tertiary/aromatic N) is 3. The molecule has 32 heavy (non-hydrogen) atoms. The zero-order valence-corrected chi connectivity index (χ0v) is 17.8. The second kappa shape index (κ2) is 9.33. The number of hydrogen-bond donors (Lipinski definition) is 0. The number of halogens is 2. The van der Waals surface area contributed by atoms with Crippen molar-refractivity contribution >= 4 is 5.91 Å². The Labute approximate surface area is 183 Å². The molecule has 2 heterocycles. The minimum Gasteiger partial charge on any atom is -0.493 e. The van der Waals surface area contributed by atoms with Gasteiger partial charge < -0.3 is 18.9 Å². The molecule has 0 N–H and O–H groups in total. The van der Waals surface area contributed by atoms with Gasteiger partial charge in [-0.3, -0.25) is 4.79 Å². The Balaban J connectivity index is 1.58. The van der Waals surface area contributed by atoms with E-state index < -0.39 is 17.7 Å². The quantitative estimate of drug-likeness (QED) is 0.503. The average molecular weight is 443 g/mol. The van der Waals surface area contributed by atoms with Crippen LogP contribution < -0.4 is 9.47 Å². The van der Waals surface area contributed by atoms with Crippen LogP contribution in [0.5, 0.6) is 11.5 Å². The summed E-state index contributed by atoms with van der Waals surface area (Å²) in [6.45, 7) is 2.37. The highest BCUT2D eigenvalue weighted by Crippen LogP contribution is 2.36. The van der Waals surface area contributed by atoms with Crippen molar-refractivity contribution in [3.05, 3.63) is 59.5 Å². The first-order chi connectivity index (χ1) is 15.5. The van der Waals surface area contributed by atoms with Gasteiger partial charge in [0.2, 0.25) is 17.6 Å². The highest BCUT2D eigenvalue weighted by molar-refractivity contribution is 5.79. The van der Waals surface area contributed by atoms with Crippen LogP contribution in [0.3, 0.4) is 0 Å². The van der Waals surface area contributed by atoms with Crippen LogP contribution in [0.25, 0.3) is 11.4 Å². The summed E-state index contributed by atoms with van der Waals surface area (Å²) in [4.78, 5) is 18.3. The second-order valence-electron chi connectivity index (χ2n) is 7.45. The number of hydrogen-bond acceptors (Lipinski definition) is 6. The van der Waals surface area contributed by atoms with Crippen LogP contribution in [0, 0.1) is 11.6 Å². The maximum absolute atomic E-state index is 14.1. The van der Waals surface area contributed by atoms with Crippen LogP contribution in [0.2, 0.25) is 0 Å². The van der Waals surface area contributed by atoms with Gasteiger partial charge in [-0.15, -0.1) is 0 Å². The first kappa shape index (κ1) is 21.7. The molecular weight excluding hydrogens is 420 g/mol. The molecule has 7 nitrogen and oxygen atoms in total. The molecule has 1 aliphatic rings. The lowest BCUT2D eigenvalue weighted by molar-refractivity contribution is -0.130. The largest absolute Gasteiger partial charge is 0.493 e. The van der Waals surface area contributed by atoms with Gasteiger partial charge in [0.05, 0.1) is 20.3 Å². The van der Waals surface area contributed by atoms with E-state index in [1.165, 1.54) is 23.1 Å². The van der Waals surface area contributed by atoms with Crippen LogP contribution in [0.1, 0.15) is 43.7 Å². The smallest absolute Gasteiger partial charge is 0.249 e. The van der Waals surface area contributed by atoms with E-state index in [0.29, 0.717) is 35.9 Å². The van der Waals surface area contributed by atoms with Crippen molar-refractivity contribution < 1.29 is 27.6 Å². The summed E-state index contributed by atoms with van der Waals surface area (Å²) in [5, 5.41) is 4.03. The van der Waals surface area contributed by atoms with E-state index in [-0.39, 0.29) is 30.3 Å². The number of amides is 1. The van der Waals surface area contributed by atoms with Gasteiger partial charge in [-0.2, -0.15) is 4.98 Å². The summed E-state index contributed by atoms with van der Waals surface area (Å²) in [6, 6.07) is 8.36. The van der Waals surface area contributed by atoms with E-state index >= 15 is 0 Å². The van der Waals surface area contributed by atoms with Crippen molar-refractivity contribution in [2.75, 3.05) is 13.7 Å². The molecule has 168 valence electrons. The van der Waals surface area contributed by atoms with E-state index in [1.54, 1.807) is 25.3 Å². The molecule has 2 aromatic carbocycles. The van der Waals surface area contributed by atoms with Crippen LogP contribution in [-0.4, -0.2) is 34.7 Å². The minimum absolute atomic E-state index is 0.167. The van der Waals surface area contributed by atoms with Crippen molar-refractivity contribution in [1.82, 2.24) is 15.0 Å². The summed E-state index contributed by atoms with van der Waals surface area (Å²) in [5.41, 5.74) is 0.483. The van der Waals surface area contributed by atoms with Crippen molar-refractivity contribution in [3.63, 3.8) is 0 Å². The highest BCUT2D eigenvalue weighted by Gasteiger charge is 2.37. The first-order valence-corrected chi connectivity index (χ1v) is 10.4. The van der Waals surface area contributed by atoms with Crippen molar-refractivity contribution in [2.24, 2.45) is 0 Å². The number of likely N-dealkylation sites (tertiary alicyclic amines) is 1. The fourth-order valence-corrected chi connectivity index (χ4v) is 3.67. The molecule has 0 saturated carbocycles. The standard InChI is InChI=1S/C23H23F2N3O4/c1-3-11-31-19-9-7-14(12-20(19)30-2)22-26-23(32-27-22)18-8-10-21(29)28(18)13-15-16(24)5-4-6-17(15)25/h4-7,9,12,18H,3,8,10-11,13H2,1-2H3. The summed E-state index contributed by atoms with van der Waals surface area (Å²) < 4.78 is 44.7. The SMILES string of the molecule is CCCOc1ccc(-c2noc(C3CCC(=O)N3Cc3c(F)cccc3F)n2)cc1OC. The first-order valence-electron chi connectivity index (χ1n) is 10.4. The Hall–Kier alpha value is -3.49. The molecule has 3 aromatic rings. The number of rotatable bonds is 8. The lowest BCUT2D eigenvalue weighted by atomic mass is 10.1. The van der Waals surface area contributed by atoms with Gasteiger partial charge in [0.25, 0.3) is 0 Å². The monoisotopic (exact) mass is 443 g/mol. The molecule has 1 aliphatic heterocycles. The lowest BCUT2D eigenvalue weighted by Gasteiger charge is -2.22. The topological polar surface area (TPSA) is 77.7 Å².